The third-order valence-electron chi connectivity index (χ3n) is 7.67. The molecule has 3 aromatic rings. The third-order valence-corrected chi connectivity index (χ3v) is 12.6. The van der Waals surface area contributed by atoms with E-state index in [1.54, 1.807) is 20.8 Å². The molecule has 1 saturated heterocycles. The van der Waals surface area contributed by atoms with Gasteiger partial charge < -0.3 is 13.7 Å². The minimum atomic E-state index is -2.30. The molecule has 0 spiro atoms. The molecule has 4 rings (SSSR count). The molecule has 38 heavy (non-hydrogen) atoms. The molecule has 2 atom stereocenters. The zero-order chi connectivity index (χ0) is 28.2. The molecule has 0 aliphatic carbocycles. The zero-order valence-electron chi connectivity index (χ0n) is 23.5. The highest BCUT2D eigenvalue weighted by molar-refractivity contribution is 6.74. The van der Waals surface area contributed by atoms with E-state index in [0.717, 1.165) is 21.8 Å². The third kappa shape index (κ3) is 5.76. The van der Waals surface area contributed by atoms with Crippen molar-refractivity contribution in [2.45, 2.75) is 90.3 Å². The van der Waals surface area contributed by atoms with Gasteiger partial charge in [0.1, 0.15) is 5.60 Å². The van der Waals surface area contributed by atoms with Crippen molar-refractivity contribution in [2.75, 3.05) is 6.54 Å². The first-order valence-corrected chi connectivity index (χ1v) is 16.7. The van der Waals surface area contributed by atoms with E-state index in [2.05, 4.69) is 38.4 Å². The van der Waals surface area contributed by atoms with Crippen molar-refractivity contribution in [3.63, 3.8) is 0 Å². The molecule has 1 aliphatic heterocycles. The van der Waals surface area contributed by atoms with Gasteiger partial charge in [0.05, 0.1) is 18.7 Å². The summed E-state index contributed by atoms with van der Waals surface area (Å²) in [6.07, 6.45) is -0.349. The van der Waals surface area contributed by atoms with Gasteiger partial charge in [0.25, 0.3) is 0 Å². The lowest BCUT2D eigenvalue weighted by Gasteiger charge is -2.42. The van der Waals surface area contributed by atoms with E-state index >= 15 is 0 Å². The number of rotatable bonds is 3. The second-order valence-electron chi connectivity index (χ2n) is 12.7. The van der Waals surface area contributed by atoms with E-state index in [0.29, 0.717) is 16.5 Å². The van der Waals surface area contributed by atoms with Gasteiger partial charge in [-0.1, -0.05) is 44.0 Å². The summed E-state index contributed by atoms with van der Waals surface area (Å²) in [5, 5.41) is 3.18. The molecule has 0 N–H and O–H groups in total. The topological polar surface area (TPSA) is 60.8 Å². The number of halogens is 2. The Bertz CT molecular complexity index is 1330. The second-order valence-corrected chi connectivity index (χ2v) is 18.3. The molecule has 0 bridgehead atoms. The highest BCUT2D eigenvalue weighted by atomic mass is 35.5. The summed E-state index contributed by atoms with van der Waals surface area (Å²) in [6, 6.07) is 11.5. The van der Waals surface area contributed by atoms with E-state index in [1.807, 2.05) is 36.4 Å². The lowest BCUT2D eigenvalue weighted by atomic mass is 10.1. The van der Waals surface area contributed by atoms with E-state index < -0.39 is 26.1 Å². The molecule has 2 heterocycles. The maximum absolute atomic E-state index is 13.3. The minimum absolute atomic E-state index is 0.0630. The fraction of sp³-hybridized carbons (Fsp3) is 0.517. The van der Waals surface area contributed by atoms with Crippen LogP contribution in [0.5, 0.6) is 0 Å². The summed E-state index contributed by atoms with van der Waals surface area (Å²) < 4.78 is 14.9. The molecule has 0 saturated carbocycles. The fourth-order valence-corrected chi connectivity index (χ4v) is 6.50. The van der Waals surface area contributed by atoms with Gasteiger partial charge in [-0.2, -0.15) is 0 Å². The Balaban J connectivity index is 1.89. The number of hydrogen-bond acceptors (Lipinski definition) is 4. The Labute approximate surface area is 236 Å². The number of nitrogens with zero attached hydrogens (tertiary/aromatic N) is 2. The molecule has 1 aromatic heterocycles. The van der Waals surface area contributed by atoms with Crippen LogP contribution in [0.15, 0.2) is 36.4 Å². The average molecular weight is 578 g/mol. The van der Waals surface area contributed by atoms with Crippen LogP contribution in [-0.4, -0.2) is 48.0 Å². The predicted molar refractivity (Wildman–Crippen MR) is 158 cm³/mol. The summed E-state index contributed by atoms with van der Waals surface area (Å²) in [4.78, 5) is 27.7. The number of fused-ring (bicyclic) bond motifs is 3. The monoisotopic (exact) mass is 576 g/mol. The van der Waals surface area contributed by atoms with Crippen LogP contribution in [0.25, 0.3) is 21.8 Å². The number of ether oxygens (including phenoxy) is 1. The van der Waals surface area contributed by atoms with Crippen molar-refractivity contribution in [2.24, 2.45) is 0 Å². The number of carbonyl (C=O) groups is 2. The van der Waals surface area contributed by atoms with E-state index in [-0.39, 0.29) is 30.0 Å². The lowest BCUT2D eigenvalue weighted by molar-refractivity contribution is -0.130. The van der Waals surface area contributed by atoms with Crippen LogP contribution in [0.2, 0.25) is 28.2 Å². The maximum atomic E-state index is 13.3. The van der Waals surface area contributed by atoms with Crippen LogP contribution in [0.3, 0.4) is 0 Å². The van der Waals surface area contributed by atoms with Crippen molar-refractivity contribution in [1.82, 2.24) is 9.47 Å². The number of aromatic nitrogens is 1. The first kappa shape index (κ1) is 28.9. The average Bonchev–Trinajstić information content (AvgIpc) is 2.97. The Morgan fingerprint density at radius 2 is 1.47 bits per heavy atom. The first-order chi connectivity index (χ1) is 17.5. The van der Waals surface area contributed by atoms with Crippen molar-refractivity contribution in [3.8, 4) is 0 Å². The molecule has 206 valence electrons. The van der Waals surface area contributed by atoms with Crippen molar-refractivity contribution in [3.05, 3.63) is 46.4 Å². The number of amides is 2. The predicted octanol–water partition coefficient (Wildman–Crippen LogP) is 8.59. The molecule has 0 radical (unpaired) electrons. The van der Waals surface area contributed by atoms with Gasteiger partial charge in [-0.3, -0.25) is 4.79 Å². The van der Waals surface area contributed by atoms with E-state index in [4.69, 9.17) is 32.4 Å². The molecule has 2 amide bonds. The Morgan fingerprint density at radius 1 is 0.947 bits per heavy atom. The molecule has 1 unspecified atom stereocenters. The van der Waals surface area contributed by atoms with Crippen LogP contribution >= 0.6 is 23.2 Å². The quantitative estimate of drug-likeness (QED) is 0.293. The number of carbonyl (C=O) groups excluding carboxylic acids is 2. The van der Waals surface area contributed by atoms with Gasteiger partial charge in [0.2, 0.25) is 5.91 Å². The molecular weight excluding hydrogens is 539 g/mol. The highest BCUT2D eigenvalue weighted by Crippen LogP contribution is 2.43. The molecular formula is C29H38Cl2N2O4Si. The van der Waals surface area contributed by atoms with E-state index in [1.165, 1.54) is 4.90 Å². The van der Waals surface area contributed by atoms with Crippen LogP contribution in [-0.2, 0) is 14.0 Å². The van der Waals surface area contributed by atoms with Crippen LogP contribution in [0.1, 0.15) is 60.4 Å². The van der Waals surface area contributed by atoms with Gasteiger partial charge in [-0.05, 0) is 81.7 Å². The maximum Gasteiger partial charge on any atom is 0.417 e. The molecule has 1 fully saturated rings. The largest absolute Gasteiger partial charge is 0.443 e. The Morgan fingerprint density at radius 3 is 1.95 bits per heavy atom. The second kappa shape index (κ2) is 10.2. The van der Waals surface area contributed by atoms with Crippen molar-refractivity contribution >= 4 is 65.3 Å². The molecule has 1 aliphatic rings. The first-order valence-electron chi connectivity index (χ1n) is 13.1. The lowest BCUT2D eigenvalue weighted by Crippen LogP contribution is -2.50. The summed E-state index contributed by atoms with van der Waals surface area (Å²) >= 11 is 12.8. The Kier molecular flexibility index (Phi) is 7.73. The van der Waals surface area contributed by atoms with Gasteiger partial charge in [-0.15, -0.1) is 0 Å². The van der Waals surface area contributed by atoms with Gasteiger partial charge in [-0.25, -0.2) is 9.69 Å². The number of hydrogen-bond donors (Lipinski definition) is 0. The number of benzene rings is 2. The normalized spacial score (nSPS) is 19.7. The van der Waals surface area contributed by atoms with Gasteiger partial charge >= 0.3 is 6.09 Å². The Hall–Kier alpha value is -2.06. The number of likely N-dealkylation sites (tertiary alicyclic amines) is 1. The zero-order valence-corrected chi connectivity index (χ0v) is 26.0. The van der Waals surface area contributed by atoms with Crippen LogP contribution in [0, 0.1) is 0 Å². The van der Waals surface area contributed by atoms with Crippen LogP contribution in [0.4, 0.5) is 4.79 Å². The highest BCUT2D eigenvalue weighted by Gasteiger charge is 2.45. The van der Waals surface area contributed by atoms with Crippen LogP contribution < -0.4 is 0 Å². The fourth-order valence-electron chi connectivity index (χ4n) is 4.81. The van der Waals surface area contributed by atoms with Gasteiger partial charge in [0, 0.05) is 38.3 Å². The van der Waals surface area contributed by atoms with E-state index in [9.17, 15) is 9.59 Å². The summed E-state index contributed by atoms with van der Waals surface area (Å²) in [5.41, 5.74) is 1.25. The molecule has 9 heteroatoms. The van der Waals surface area contributed by atoms with Crippen molar-refractivity contribution in [1.29, 1.82) is 0 Å². The minimum Gasteiger partial charge on any atom is -0.443 e. The van der Waals surface area contributed by atoms with Crippen molar-refractivity contribution < 1.29 is 18.8 Å². The summed E-state index contributed by atoms with van der Waals surface area (Å²) in [5.74, 6) is -0.252. The summed E-state index contributed by atoms with van der Waals surface area (Å²) in [7, 11) is -2.30. The standard InChI is InChI=1S/C29H38Cl2N2O4Si/c1-28(2,3)36-27(35)32-17-25(37-38(7,8)29(4,5)6)24(13-14-26(32)34)33-22-11-9-18(30)15-20(22)21-16-19(31)10-12-23(21)33/h9-12,15-16,24-25H,13-14,17H2,1-8H3/t24-,25?/m1/s1. The summed E-state index contributed by atoms with van der Waals surface area (Å²) in [6.45, 7) is 16.5. The smallest absolute Gasteiger partial charge is 0.417 e. The SMILES string of the molecule is CC(C)(C)OC(=O)N1CC(O[Si](C)(C)C(C)(C)C)[C@H](n2c3ccc(Cl)cc3c3cc(Cl)ccc32)CCC1=O. The number of imide groups is 1. The van der Waals surface area contributed by atoms with Gasteiger partial charge in [0.15, 0.2) is 8.32 Å². The molecule has 6 nitrogen and oxygen atoms in total. The molecule has 2 aromatic carbocycles.